The molecule has 3 aromatic rings. The Kier molecular flexibility index (Phi) is 4.34. The molecule has 2 fully saturated rings. The van der Waals surface area contributed by atoms with E-state index in [1.165, 1.54) is 12.1 Å². The average molecular weight is 406 g/mol. The summed E-state index contributed by atoms with van der Waals surface area (Å²) in [4.78, 5) is 32.1. The second-order valence-corrected chi connectivity index (χ2v) is 8.36. The first-order chi connectivity index (χ1) is 14.4. The number of hydrogen-bond donors (Lipinski definition) is 1. The minimum absolute atomic E-state index is 0.000356. The summed E-state index contributed by atoms with van der Waals surface area (Å²) in [5.41, 5.74) is 2.46. The van der Waals surface area contributed by atoms with Crippen LogP contribution < -0.4 is 5.32 Å². The molecule has 2 saturated heterocycles. The van der Waals surface area contributed by atoms with Crippen LogP contribution in [0.1, 0.15) is 53.3 Å². The van der Waals surface area contributed by atoms with Crippen LogP contribution in [0.25, 0.3) is 5.65 Å². The van der Waals surface area contributed by atoms with Gasteiger partial charge in [0, 0.05) is 25.4 Å². The Morgan fingerprint density at radius 1 is 1.23 bits per heavy atom. The van der Waals surface area contributed by atoms with Crippen molar-refractivity contribution in [2.75, 3.05) is 6.54 Å². The molecule has 0 aliphatic carbocycles. The number of amides is 2. The molecule has 0 radical (unpaired) electrons. The van der Waals surface area contributed by atoms with Gasteiger partial charge in [-0.1, -0.05) is 12.1 Å². The Morgan fingerprint density at radius 2 is 2.03 bits per heavy atom. The molecule has 6 nitrogen and oxygen atoms in total. The summed E-state index contributed by atoms with van der Waals surface area (Å²) in [6, 6.07) is 9.78. The maximum Gasteiger partial charge on any atom is 0.274 e. The number of carbonyl (C=O) groups is 2. The van der Waals surface area contributed by atoms with Gasteiger partial charge in [0.2, 0.25) is 5.91 Å². The molecular formula is C23H23FN4O2. The highest BCUT2D eigenvalue weighted by Crippen LogP contribution is 2.45. The number of rotatable bonds is 2. The van der Waals surface area contributed by atoms with Crippen LogP contribution in [0, 0.1) is 12.7 Å². The van der Waals surface area contributed by atoms with Crippen molar-refractivity contribution in [2.24, 2.45) is 0 Å². The van der Waals surface area contributed by atoms with Gasteiger partial charge < -0.3 is 14.6 Å². The zero-order valence-corrected chi connectivity index (χ0v) is 16.8. The van der Waals surface area contributed by atoms with E-state index in [-0.39, 0.29) is 23.7 Å². The van der Waals surface area contributed by atoms with Gasteiger partial charge in [0.25, 0.3) is 5.91 Å². The molecule has 2 aliphatic rings. The summed E-state index contributed by atoms with van der Waals surface area (Å²) in [6.45, 7) is 2.54. The van der Waals surface area contributed by atoms with Crippen molar-refractivity contribution in [3.63, 3.8) is 0 Å². The van der Waals surface area contributed by atoms with Crippen LogP contribution in [0.3, 0.4) is 0 Å². The minimum atomic E-state index is -0.529. The highest BCUT2D eigenvalue weighted by Gasteiger charge is 2.51. The quantitative estimate of drug-likeness (QED) is 0.709. The Hall–Kier alpha value is -3.22. The molecule has 1 spiro atoms. The highest BCUT2D eigenvalue weighted by molar-refractivity contribution is 5.93. The molecule has 4 heterocycles. The van der Waals surface area contributed by atoms with Crippen LogP contribution in [-0.2, 0) is 4.79 Å². The lowest BCUT2D eigenvalue weighted by Gasteiger charge is -2.48. The average Bonchev–Trinajstić information content (AvgIpc) is 3.31. The summed E-state index contributed by atoms with van der Waals surface area (Å²) in [7, 11) is 0. The number of pyridine rings is 1. The maximum atomic E-state index is 13.6. The number of nitrogens with zero attached hydrogens (tertiary/aromatic N) is 3. The van der Waals surface area contributed by atoms with Crippen molar-refractivity contribution in [1.82, 2.24) is 19.6 Å². The van der Waals surface area contributed by atoms with Gasteiger partial charge in [-0.2, -0.15) is 0 Å². The Balaban J connectivity index is 1.57. The van der Waals surface area contributed by atoms with Crippen molar-refractivity contribution in [3.8, 4) is 0 Å². The number of benzene rings is 1. The van der Waals surface area contributed by atoms with Crippen LogP contribution in [-0.4, -0.2) is 38.2 Å². The van der Waals surface area contributed by atoms with Gasteiger partial charge in [-0.3, -0.25) is 9.59 Å². The van der Waals surface area contributed by atoms with E-state index in [0.29, 0.717) is 25.1 Å². The first-order valence-corrected chi connectivity index (χ1v) is 10.3. The van der Waals surface area contributed by atoms with E-state index < -0.39 is 5.54 Å². The lowest BCUT2D eigenvalue weighted by atomic mass is 9.76. The van der Waals surface area contributed by atoms with E-state index in [4.69, 9.17) is 0 Å². The number of nitrogens with one attached hydrogen (secondary N) is 1. The smallest absolute Gasteiger partial charge is 0.274 e. The van der Waals surface area contributed by atoms with Gasteiger partial charge in [-0.05, 0) is 61.6 Å². The Morgan fingerprint density at radius 3 is 2.77 bits per heavy atom. The van der Waals surface area contributed by atoms with Crippen LogP contribution in [0.4, 0.5) is 4.39 Å². The molecule has 0 bridgehead atoms. The van der Waals surface area contributed by atoms with Crippen molar-refractivity contribution in [3.05, 3.63) is 71.4 Å². The molecule has 7 heteroatoms. The van der Waals surface area contributed by atoms with Gasteiger partial charge >= 0.3 is 0 Å². The number of piperidine rings is 1. The standard InChI is InChI=1S/C23H23FN4O2/c1-15-8-12-27-14-18(25-19(27)13-15)22(30)28-11-2-9-23(10-7-20(29)26-23)21(28)16-3-5-17(24)6-4-16/h3-6,8,12-14,21H,2,7,9-11H2,1H3,(H,26,29)/t21-,23+/m1/s1. The summed E-state index contributed by atoms with van der Waals surface area (Å²) >= 11 is 0. The number of aromatic nitrogens is 2. The summed E-state index contributed by atoms with van der Waals surface area (Å²) in [5.74, 6) is -0.502. The molecule has 0 saturated carbocycles. The van der Waals surface area contributed by atoms with Crippen LogP contribution in [0.15, 0.2) is 48.8 Å². The number of fused-ring (bicyclic) bond motifs is 1. The molecule has 2 aromatic heterocycles. The molecular weight excluding hydrogens is 383 g/mol. The van der Waals surface area contributed by atoms with E-state index in [2.05, 4.69) is 10.3 Å². The second kappa shape index (κ2) is 6.93. The summed E-state index contributed by atoms with van der Waals surface area (Å²) in [5, 5.41) is 3.15. The first kappa shape index (κ1) is 18.8. The van der Waals surface area contributed by atoms with E-state index in [9.17, 15) is 14.0 Å². The van der Waals surface area contributed by atoms with Gasteiger partial charge in [-0.25, -0.2) is 9.37 Å². The molecule has 154 valence electrons. The zero-order valence-electron chi connectivity index (χ0n) is 16.8. The van der Waals surface area contributed by atoms with Gasteiger partial charge in [0.15, 0.2) is 0 Å². The third-order valence-corrected chi connectivity index (χ3v) is 6.32. The molecule has 5 rings (SSSR count). The first-order valence-electron chi connectivity index (χ1n) is 10.3. The van der Waals surface area contributed by atoms with Crippen molar-refractivity contribution in [1.29, 1.82) is 0 Å². The monoisotopic (exact) mass is 406 g/mol. The number of halogens is 1. The second-order valence-electron chi connectivity index (χ2n) is 8.36. The molecule has 1 N–H and O–H groups in total. The van der Waals surface area contributed by atoms with E-state index >= 15 is 0 Å². The fraction of sp³-hybridized carbons (Fsp3) is 0.348. The van der Waals surface area contributed by atoms with E-state index in [1.54, 1.807) is 23.2 Å². The molecule has 2 atom stereocenters. The number of imidazole rings is 1. The third-order valence-electron chi connectivity index (χ3n) is 6.32. The van der Waals surface area contributed by atoms with E-state index in [1.807, 2.05) is 29.7 Å². The summed E-state index contributed by atoms with van der Waals surface area (Å²) < 4.78 is 15.4. The molecule has 1 aromatic carbocycles. The van der Waals surface area contributed by atoms with Crippen molar-refractivity contribution >= 4 is 17.5 Å². The maximum absolute atomic E-state index is 13.6. The van der Waals surface area contributed by atoms with Crippen molar-refractivity contribution < 1.29 is 14.0 Å². The van der Waals surface area contributed by atoms with E-state index in [0.717, 1.165) is 29.6 Å². The lowest BCUT2D eigenvalue weighted by molar-refractivity contribution is -0.120. The molecule has 0 unspecified atom stereocenters. The molecule has 2 amide bonds. The largest absolute Gasteiger partial charge is 0.348 e. The van der Waals surface area contributed by atoms with Gasteiger partial charge in [0.05, 0.1) is 11.6 Å². The van der Waals surface area contributed by atoms with Crippen LogP contribution in [0.2, 0.25) is 0 Å². The summed E-state index contributed by atoms with van der Waals surface area (Å²) in [6.07, 6.45) is 6.30. The van der Waals surface area contributed by atoms with Crippen molar-refractivity contribution in [2.45, 2.75) is 44.2 Å². The third kappa shape index (κ3) is 3.05. The number of aryl methyl sites for hydroxylation is 1. The zero-order chi connectivity index (χ0) is 20.9. The highest BCUT2D eigenvalue weighted by atomic mass is 19.1. The number of carbonyl (C=O) groups excluding carboxylic acids is 2. The van der Waals surface area contributed by atoms with Crippen LogP contribution >= 0.6 is 0 Å². The Bertz CT molecular complexity index is 1140. The number of likely N-dealkylation sites (tertiary alicyclic amines) is 1. The number of hydrogen-bond acceptors (Lipinski definition) is 3. The topological polar surface area (TPSA) is 66.7 Å². The van der Waals surface area contributed by atoms with Gasteiger partial charge in [-0.15, -0.1) is 0 Å². The fourth-order valence-corrected chi connectivity index (χ4v) is 4.96. The minimum Gasteiger partial charge on any atom is -0.348 e. The van der Waals surface area contributed by atoms with Gasteiger partial charge in [0.1, 0.15) is 17.2 Å². The SMILES string of the molecule is Cc1ccn2cc(C(=O)N3CCC[C@]4(CCC(=O)N4)[C@H]3c3ccc(F)cc3)nc2c1. The predicted octanol–water partition coefficient (Wildman–Crippen LogP) is 3.41. The lowest BCUT2D eigenvalue weighted by Crippen LogP contribution is -2.58. The molecule has 2 aliphatic heterocycles. The fourth-order valence-electron chi connectivity index (χ4n) is 4.96. The normalized spacial score (nSPS) is 23.9. The Labute approximate surface area is 173 Å². The predicted molar refractivity (Wildman–Crippen MR) is 109 cm³/mol. The van der Waals surface area contributed by atoms with Crippen LogP contribution in [0.5, 0.6) is 0 Å². The molecule has 30 heavy (non-hydrogen) atoms.